The smallest absolute Gasteiger partial charge is 0.223 e. The molecule has 3 aromatic rings. The van der Waals surface area contributed by atoms with Gasteiger partial charge in [0.05, 0.1) is 11.2 Å². The van der Waals surface area contributed by atoms with E-state index in [-0.39, 0.29) is 11.2 Å². The molecule has 1 unspecified atom stereocenters. The second-order valence-corrected chi connectivity index (χ2v) is 6.10. The molecule has 1 atom stereocenters. The van der Waals surface area contributed by atoms with Gasteiger partial charge in [-0.15, -0.1) is 0 Å². The van der Waals surface area contributed by atoms with Crippen LogP contribution in [0.3, 0.4) is 0 Å². The van der Waals surface area contributed by atoms with Crippen molar-refractivity contribution in [1.82, 2.24) is 15.0 Å². The van der Waals surface area contributed by atoms with Crippen molar-refractivity contribution >= 4 is 45.1 Å². The van der Waals surface area contributed by atoms with Crippen molar-refractivity contribution in [3.05, 3.63) is 62.8 Å². The zero-order valence-electron chi connectivity index (χ0n) is 10.7. The number of hydrogen-bond donors (Lipinski definition) is 0. The molecule has 0 amide bonds. The van der Waals surface area contributed by atoms with Crippen LogP contribution in [0.5, 0.6) is 0 Å². The van der Waals surface area contributed by atoms with Gasteiger partial charge in [-0.1, -0.05) is 13.0 Å². The third-order valence-corrected chi connectivity index (χ3v) is 4.04. The highest BCUT2D eigenvalue weighted by Crippen LogP contribution is 2.29. The molecule has 5 heteroatoms. The van der Waals surface area contributed by atoms with Crippen molar-refractivity contribution in [2.45, 2.75) is 12.8 Å². The van der Waals surface area contributed by atoms with Gasteiger partial charge in [-0.3, -0.25) is 4.98 Å². The predicted molar refractivity (Wildman–Crippen MR) is 89.0 cm³/mol. The molecule has 0 spiro atoms. The average Bonchev–Trinajstić information content (AvgIpc) is 2.47. The van der Waals surface area contributed by atoms with E-state index in [0.717, 1.165) is 25.9 Å². The van der Waals surface area contributed by atoms with Crippen LogP contribution in [-0.4, -0.2) is 15.0 Å². The fourth-order valence-corrected chi connectivity index (χ4v) is 2.87. The minimum Gasteiger partial charge on any atom is -0.261 e. The highest BCUT2D eigenvalue weighted by molar-refractivity contribution is 14.1. The largest absolute Gasteiger partial charge is 0.261 e. The number of hydrogen-bond acceptors (Lipinski definition) is 3. The summed E-state index contributed by atoms with van der Waals surface area (Å²) >= 11 is 8.34. The molecule has 0 radical (unpaired) electrons. The molecule has 0 bridgehead atoms. The lowest BCUT2D eigenvalue weighted by Crippen LogP contribution is -2.04. The third kappa shape index (κ3) is 2.62. The SMILES string of the molecule is CC(c1ccccn1)c1nc(Cl)nc2ccc(I)cc12. The first-order valence-corrected chi connectivity index (χ1v) is 7.64. The maximum absolute atomic E-state index is 6.05. The standard InChI is InChI=1S/C15H11ClIN3/c1-9(12-4-2-3-7-18-12)14-11-8-10(17)5-6-13(11)19-15(16)20-14/h2-9H,1H3. The molecule has 0 saturated heterocycles. The second-order valence-electron chi connectivity index (χ2n) is 4.52. The van der Waals surface area contributed by atoms with Gasteiger partial charge in [-0.2, -0.15) is 0 Å². The fraction of sp³-hybridized carbons (Fsp3) is 0.133. The predicted octanol–water partition coefficient (Wildman–Crippen LogP) is 4.43. The summed E-state index contributed by atoms with van der Waals surface area (Å²) in [6.45, 7) is 2.08. The molecule has 2 aromatic heterocycles. The van der Waals surface area contributed by atoms with Gasteiger partial charge in [0.1, 0.15) is 0 Å². The summed E-state index contributed by atoms with van der Waals surface area (Å²) in [5, 5.41) is 1.30. The van der Waals surface area contributed by atoms with Crippen molar-refractivity contribution in [2.24, 2.45) is 0 Å². The maximum atomic E-state index is 6.05. The van der Waals surface area contributed by atoms with Crippen LogP contribution in [0.15, 0.2) is 42.6 Å². The lowest BCUT2D eigenvalue weighted by molar-refractivity contribution is 0.837. The van der Waals surface area contributed by atoms with E-state index in [9.17, 15) is 0 Å². The van der Waals surface area contributed by atoms with Crippen LogP contribution in [0, 0.1) is 3.57 Å². The van der Waals surface area contributed by atoms with Crippen molar-refractivity contribution in [2.75, 3.05) is 0 Å². The molecule has 3 nitrogen and oxygen atoms in total. The Labute approximate surface area is 135 Å². The molecule has 1 aromatic carbocycles. The highest BCUT2D eigenvalue weighted by Gasteiger charge is 2.16. The first kappa shape index (κ1) is 13.7. The van der Waals surface area contributed by atoms with E-state index in [2.05, 4.69) is 50.5 Å². The van der Waals surface area contributed by atoms with E-state index in [1.807, 2.05) is 30.3 Å². The normalized spacial score (nSPS) is 12.6. The average molecular weight is 396 g/mol. The van der Waals surface area contributed by atoms with Crippen LogP contribution in [0.2, 0.25) is 5.28 Å². The molecular formula is C15H11ClIN3. The van der Waals surface area contributed by atoms with Gasteiger partial charge in [0.2, 0.25) is 5.28 Å². The van der Waals surface area contributed by atoms with Crippen LogP contribution < -0.4 is 0 Å². The zero-order valence-corrected chi connectivity index (χ0v) is 13.6. The minimum atomic E-state index is 0.0670. The van der Waals surface area contributed by atoms with Crippen LogP contribution in [0.25, 0.3) is 10.9 Å². The van der Waals surface area contributed by atoms with Gasteiger partial charge in [0, 0.05) is 26.8 Å². The Hall–Kier alpha value is -1.27. The second kappa shape index (κ2) is 5.61. The number of fused-ring (bicyclic) bond motifs is 1. The molecule has 0 aliphatic rings. The summed E-state index contributed by atoms with van der Waals surface area (Å²) in [5.41, 5.74) is 2.75. The number of halogens is 2. The van der Waals surface area contributed by atoms with Crippen LogP contribution >= 0.6 is 34.2 Å². The van der Waals surface area contributed by atoms with Crippen LogP contribution in [0.1, 0.15) is 24.2 Å². The van der Waals surface area contributed by atoms with Crippen molar-refractivity contribution in [1.29, 1.82) is 0 Å². The number of nitrogens with zero attached hydrogens (tertiary/aromatic N) is 3. The molecule has 2 heterocycles. The first-order chi connectivity index (χ1) is 9.65. The summed E-state index contributed by atoms with van der Waals surface area (Å²) < 4.78 is 1.15. The van der Waals surface area contributed by atoms with Crippen molar-refractivity contribution in [3.63, 3.8) is 0 Å². The molecule has 0 N–H and O–H groups in total. The summed E-state index contributed by atoms with van der Waals surface area (Å²) in [4.78, 5) is 13.1. The summed E-state index contributed by atoms with van der Waals surface area (Å²) in [6.07, 6.45) is 1.79. The van der Waals surface area contributed by atoms with Gasteiger partial charge in [-0.05, 0) is 64.5 Å². The maximum Gasteiger partial charge on any atom is 0.223 e. The van der Waals surface area contributed by atoms with E-state index in [1.165, 1.54) is 0 Å². The van der Waals surface area contributed by atoms with Crippen molar-refractivity contribution in [3.8, 4) is 0 Å². The minimum absolute atomic E-state index is 0.0670. The Morgan fingerprint density at radius 1 is 1.15 bits per heavy atom. The fourth-order valence-electron chi connectivity index (χ4n) is 2.20. The highest BCUT2D eigenvalue weighted by atomic mass is 127. The Morgan fingerprint density at radius 2 is 2.00 bits per heavy atom. The molecular weight excluding hydrogens is 385 g/mol. The lowest BCUT2D eigenvalue weighted by Gasteiger charge is -2.13. The van der Waals surface area contributed by atoms with E-state index in [0.29, 0.717) is 0 Å². The monoisotopic (exact) mass is 395 g/mol. The van der Waals surface area contributed by atoms with Gasteiger partial charge in [0.15, 0.2) is 0 Å². The molecule has 0 aliphatic carbocycles. The Balaban J connectivity index is 2.22. The Morgan fingerprint density at radius 3 is 2.75 bits per heavy atom. The van der Waals surface area contributed by atoms with E-state index in [1.54, 1.807) is 6.20 Å². The lowest BCUT2D eigenvalue weighted by atomic mass is 9.99. The molecule has 0 fully saturated rings. The van der Waals surface area contributed by atoms with Gasteiger partial charge < -0.3 is 0 Å². The number of benzene rings is 1. The molecule has 3 rings (SSSR count). The van der Waals surface area contributed by atoms with Gasteiger partial charge >= 0.3 is 0 Å². The van der Waals surface area contributed by atoms with Crippen molar-refractivity contribution < 1.29 is 0 Å². The molecule has 100 valence electrons. The molecule has 20 heavy (non-hydrogen) atoms. The summed E-state index contributed by atoms with van der Waals surface area (Å²) in [7, 11) is 0. The number of aromatic nitrogens is 3. The number of pyridine rings is 1. The van der Waals surface area contributed by atoms with Crippen LogP contribution in [-0.2, 0) is 0 Å². The van der Waals surface area contributed by atoms with Gasteiger partial charge in [0.25, 0.3) is 0 Å². The third-order valence-electron chi connectivity index (χ3n) is 3.20. The Bertz CT molecular complexity index is 762. The van der Waals surface area contributed by atoms with E-state index >= 15 is 0 Å². The van der Waals surface area contributed by atoms with Crippen LogP contribution in [0.4, 0.5) is 0 Å². The van der Waals surface area contributed by atoms with Gasteiger partial charge in [-0.25, -0.2) is 9.97 Å². The molecule has 0 saturated carbocycles. The molecule has 0 aliphatic heterocycles. The quantitative estimate of drug-likeness (QED) is 0.476. The van der Waals surface area contributed by atoms with E-state index < -0.39 is 0 Å². The zero-order chi connectivity index (χ0) is 14.1. The topological polar surface area (TPSA) is 38.7 Å². The summed E-state index contributed by atoms with van der Waals surface area (Å²) in [6, 6.07) is 12.0. The summed E-state index contributed by atoms with van der Waals surface area (Å²) in [5.74, 6) is 0.0670. The first-order valence-electron chi connectivity index (χ1n) is 6.19. The van der Waals surface area contributed by atoms with E-state index in [4.69, 9.17) is 11.6 Å². The number of rotatable bonds is 2. The Kier molecular flexibility index (Phi) is 3.85.